The summed E-state index contributed by atoms with van der Waals surface area (Å²) in [6.07, 6.45) is 2.15. The van der Waals surface area contributed by atoms with Crippen LogP contribution < -0.4 is 5.43 Å². The summed E-state index contributed by atoms with van der Waals surface area (Å²) >= 11 is 6.48. The largest absolute Gasteiger partial charge is 0.342 e. The lowest BCUT2D eigenvalue weighted by molar-refractivity contribution is -0.134. The summed E-state index contributed by atoms with van der Waals surface area (Å²) in [5.74, 6) is 0.0917. The molecule has 156 valence electrons. The van der Waals surface area contributed by atoms with E-state index < -0.39 is 5.38 Å². The van der Waals surface area contributed by atoms with Crippen LogP contribution in [0.4, 0.5) is 0 Å². The number of hydrogen-bond donors (Lipinski definition) is 1. The van der Waals surface area contributed by atoms with E-state index in [-0.39, 0.29) is 23.9 Å². The average Bonchev–Trinajstić information content (AvgIpc) is 2.64. The van der Waals surface area contributed by atoms with E-state index in [2.05, 4.69) is 29.1 Å². The molecule has 0 aromatic rings. The second-order valence-corrected chi connectivity index (χ2v) is 8.10. The highest BCUT2D eigenvalue weighted by molar-refractivity contribution is 6.31. The number of carbonyl (C=O) groups is 2. The van der Waals surface area contributed by atoms with Crippen molar-refractivity contribution in [3.8, 4) is 0 Å². The summed E-state index contributed by atoms with van der Waals surface area (Å²) in [5, 5.41) is 1.48. The molecule has 2 saturated heterocycles. The van der Waals surface area contributed by atoms with Crippen molar-refractivity contribution in [2.45, 2.75) is 58.0 Å². The smallest absolute Gasteiger partial charge is 0.253 e. The van der Waals surface area contributed by atoms with Crippen LogP contribution in [-0.2, 0) is 9.59 Å². The van der Waals surface area contributed by atoms with Gasteiger partial charge in [0.2, 0.25) is 5.91 Å². The average molecular weight is 402 g/mol. The molecule has 2 heterocycles. The van der Waals surface area contributed by atoms with Gasteiger partial charge in [0.05, 0.1) is 6.54 Å². The van der Waals surface area contributed by atoms with Crippen molar-refractivity contribution in [1.29, 1.82) is 0 Å². The molecule has 2 unspecified atom stereocenters. The van der Waals surface area contributed by atoms with E-state index in [0.29, 0.717) is 6.54 Å². The molecule has 27 heavy (non-hydrogen) atoms. The van der Waals surface area contributed by atoms with Gasteiger partial charge in [-0.05, 0) is 27.2 Å². The highest BCUT2D eigenvalue weighted by Gasteiger charge is 2.41. The minimum absolute atomic E-state index is 0.00732. The molecule has 7 nitrogen and oxygen atoms in total. The molecule has 2 fully saturated rings. The minimum Gasteiger partial charge on any atom is -0.342 e. The van der Waals surface area contributed by atoms with Crippen LogP contribution in [0.2, 0.25) is 0 Å². The Kier molecular flexibility index (Phi) is 8.79. The van der Waals surface area contributed by atoms with Crippen molar-refractivity contribution in [1.82, 2.24) is 25.1 Å². The molecule has 8 heteroatoms. The van der Waals surface area contributed by atoms with Gasteiger partial charge in [0.1, 0.15) is 5.38 Å². The maximum absolute atomic E-state index is 12.4. The molecule has 2 aliphatic rings. The maximum atomic E-state index is 12.4. The number of nitrogens with one attached hydrogen (secondary N) is 1. The standard InChI is InChI=1S/C19H36ClN5O2/c1-5-8-9-24-13-16(18(20)19(27)21-24)25-11-10-22(12-15(25)4)14-17(26)23(6-2)7-3/h15-16,18H,5-14H2,1-4H3,(H,21,27)/t15-,16?,18?/m1/s1. The first kappa shape index (κ1) is 22.4. The Labute approximate surface area is 168 Å². The zero-order valence-corrected chi connectivity index (χ0v) is 18.0. The van der Waals surface area contributed by atoms with E-state index in [4.69, 9.17) is 11.6 Å². The van der Waals surface area contributed by atoms with Gasteiger partial charge in [-0.3, -0.25) is 24.8 Å². The number of unbranched alkanes of at least 4 members (excludes halogenated alkanes) is 1. The molecule has 0 bridgehead atoms. The Morgan fingerprint density at radius 3 is 2.52 bits per heavy atom. The number of likely N-dealkylation sites (N-methyl/N-ethyl adjacent to an activating group) is 1. The highest BCUT2D eigenvalue weighted by atomic mass is 35.5. The SMILES string of the molecule is CCCCN1CC(N2CCN(CC(=O)N(CC)CC)C[C@H]2C)C(Cl)C(=O)N1. The van der Waals surface area contributed by atoms with E-state index in [1.54, 1.807) is 0 Å². The summed E-state index contributed by atoms with van der Waals surface area (Å²) in [6, 6.07) is 0.265. The number of nitrogens with zero attached hydrogens (tertiary/aromatic N) is 4. The normalized spacial score (nSPS) is 28.2. The second-order valence-electron chi connectivity index (χ2n) is 7.63. The maximum Gasteiger partial charge on any atom is 0.253 e. The van der Waals surface area contributed by atoms with E-state index in [1.807, 2.05) is 23.8 Å². The summed E-state index contributed by atoms with van der Waals surface area (Å²) in [5.41, 5.74) is 2.92. The van der Waals surface area contributed by atoms with Crippen molar-refractivity contribution < 1.29 is 9.59 Å². The number of piperazine rings is 1. The third kappa shape index (κ3) is 5.79. The Morgan fingerprint density at radius 2 is 1.93 bits per heavy atom. The van der Waals surface area contributed by atoms with Crippen LogP contribution in [0.3, 0.4) is 0 Å². The lowest BCUT2D eigenvalue weighted by Gasteiger charge is -2.48. The number of amides is 2. The molecule has 3 atom stereocenters. The summed E-state index contributed by atoms with van der Waals surface area (Å²) in [4.78, 5) is 31.2. The molecule has 2 rings (SSSR count). The first-order valence-electron chi connectivity index (χ1n) is 10.4. The number of rotatable bonds is 8. The van der Waals surface area contributed by atoms with Gasteiger partial charge < -0.3 is 4.90 Å². The number of halogens is 1. The molecule has 0 spiro atoms. The quantitative estimate of drug-likeness (QED) is 0.614. The van der Waals surface area contributed by atoms with Crippen LogP contribution in [-0.4, -0.2) is 101 Å². The summed E-state index contributed by atoms with van der Waals surface area (Å²) < 4.78 is 0. The van der Waals surface area contributed by atoms with E-state index >= 15 is 0 Å². The van der Waals surface area contributed by atoms with Gasteiger partial charge in [-0.1, -0.05) is 13.3 Å². The zero-order valence-electron chi connectivity index (χ0n) is 17.3. The van der Waals surface area contributed by atoms with E-state index in [0.717, 1.165) is 58.7 Å². The third-order valence-electron chi connectivity index (χ3n) is 5.71. The molecule has 0 aromatic carbocycles. The van der Waals surface area contributed by atoms with Crippen molar-refractivity contribution in [2.24, 2.45) is 0 Å². The summed E-state index contributed by atoms with van der Waals surface area (Å²) in [6.45, 7) is 14.4. The fraction of sp³-hybridized carbons (Fsp3) is 0.895. The van der Waals surface area contributed by atoms with Gasteiger partial charge in [-0.2, -0.15) is 0 Å². The third-order valence-corrected chi connectivity index (χ3v) is 6.20. The molecule has 0 saturated carbocycles. The monoisotopic (exact) mass is 401 g/mol. The Hall–Kier alpha value is -0.890. The molecule has 2 aliphatic heterocycles. The molecule has 1 N–H and O–H groups in total. The van der Waals surface area contributed by atoms with E-state index in [9.17, 15) is 9.59 Å². The molecule has 0 aromatic heterocycles. The van der Waals surface area contributed by atoms with Gasteiger partial charge in [0, 0.05) is 57.9 Å². The van der Waals surface area contributed by atoms with Crippen LogP contribution in [0.25, 0.3) is 0 Å². The predicted molar refractivity (Wildman–Crippen MR) is 109 cm³/mol. The minimum atomic E-state index is -0.533. The predicted octanol–water partition coefficient (Wildman–Crippen LogP) is 0.984. The number of hydrogen-bond acceptors (Lipinski definition) is 5. The van der Waals surface area contributed by atoms with Gasteiger partial charge in [0.15, 0.2) is 0 Å². The first-order valence-corrected chi connectivity index (χ1v) is 10.8. The number of hydrazine groups is 1. The first-order chi connectivity index (χ1) is 12.9. The fourth-order valence-electron chi connectivity index (χ4n) is 4.08. The van der Waals surface area contributed by atoms with Crippen LogP contribution >= 0.6 is 11.6 Å². The van der Waals surface area contributed by atoms with Crippen molar-refractivity contribution in [2.75, 3.05) is 52.4 Å². The van der Waals surface area contributed by atoms with Crippen molar-refractivity contribution in [3.63, 3.8) is 0 Å². The van der Waals surface area contributed by atoms with Gasteiger partial charge in [-0.25, -0.2) is 5.01 Å². The summed E-state index contributed by atoms with van der Waals surface area (Å²) in [7, 11) is 0. The topological polar surface area (TPSA) is 59.1 Å². The Balaban J connectivity index is 1.94. The number of alkyl halides is 1. The van der Waals surface area contributed by atoms with Crippen LogP contribution in [0.1, 0.15) is 40.5 Å². The fourth-order valence-corrected chi connectivity index (χ4v) is 4.35. The van der Waals surface area contributed by atoms with Crippen molar-refractivity contribution in [3.05, 3.63) is 0 Å². The van der Waals surface area contributed by atoms with Crippen LogP contribution in [0, 0.1) is 0 Å². The Morgan fingerprint density at radius 1 is 1.22 bits per heavy atom. The van der Waals surface area contributed by atoms with Crippen LogP contribution in [0.5, 0.6) is 0 Å². The number of carbonyl (C=O) groups excluding carboxylic acids is 2. The Bertz CT molecular complexity index is 502. The van der Waals surface area contributed by atoms with Gasteiger partial charge in [-0.15, -0.1) is 11.6 Å². The van der Waals surface area contributed by atoms with Gasteiger partial charge >= 0.3 is 0 Å². The van der Waals surface area contributed by atoms with Crippen LogP contribution in [0.15, 0.2) is 0 Å². The zero-order chi connectivity index (χ0) is 20.0. The second kappa shape index (κ2) is 10.6. The lowest BCUT2D eigenvalue weighted by atomic mass is 10.0. The van der Waals surface area contributed by atoms with Crippen molar-refractivity contribution >= 4 is 23.4 Å². The molecule has 0 aliphatic carbocycles. The molecule has 0 radical (unpaired) electrons. The molecule has 2 amide bonds. The molecular weight excluding hydrogens is 366 g/mol. The highest BCUT2D eigenvalue weighted by Crippen LogP contribution is 2.22. The van der Waals surface area contributed by atoms with Gasteiger partial charge in [0.25, 0.3) is 5.91 Å². The van der Waals surface area contributed by atoms with E-state index in [1.165, 1.54) is 0 Å². The lowest BCUT2D eigenvalue weighted by Crippen LogP contribution is -2.67. The molecular formula is C19H36ClN5O2.